The molecule has 1 aliphatic carbocycles. The Kier molecular flexibility index (Phi) is 6.51. The monoisotopic (exact) mass is 349 g/mol. The molecule has 10 heteroatoms. The Bertz CT molecular complexity index is 439. The van der Waals surface area contributed by atoms with Crippen molar-refractivity contribution in [1.82, 2.24) is 5.32 Å². The summed E-state index contributed by atoms with van der Waals surface area (Å²) >= 11 is 0. The third-order valence-corrected chi connectivity index (χ3v) is 4.58. The fraction of sp³-hybridized carbons (Fsp3) is 0.929. The van der Waals surface area contributed by atoms with E-state index in [4.69, 9.17) is 20.9 Å². The van der Waals surface area contributed by atoms with Crippen LogP contribution in [0, 0.1) is 0 Å². The predicted molar refractivity (Wildman–Crippen MR) is 81.4 cm³/mol. The first-order valence-electron chi connectivity index (χ1n) is 8.02. The number of rotatable bonds is 4. The van der Waals surface area contributed by atoms with E-state index in [-0.39, 0.29) is 12.5 Å². The lowest BCUT2D eigenvalue weighted by atomic mass is 9.87. The Balaban J connectivity index is 1.99. The fourth-order valence-corrected chi connectivity index (χ4v) is 3.15. The molecule has 3 unspecified atom stereocenters. The van der Waals surface area contributed by atoms with Gasteiger partial charge in [-0.25, -0.2) is 0 Å². The normalized spacial score (nSPS) is 46.5. The number of carbonyl (C=O) groups is 1. The van der Waals surface area contributed by atoms with E-state index in [2.05, 4.69) is 5.32 Å². The number of carbonyl (C=O) groups excluding carboxylic acids is 1. The second-order valence-electron chi connectivity index (χ2n) is 6.38. The lowest BCUT2D eigenvalue weighted by Crippen LogP contribution is -2.65. The third-order valence-electron chi connectivity index (χ3n) is 4.58. The van der Waals surface area contributed by atoms with Crippen LogP contribution in [0.15, 0.2) is 0 Å². The van der Waals surface area contributed by atoms with Gasteiger partial charge in [0.2, 0.25) is 5.91 Å². The molecule has 2 fully saturated rings. The molecule has 24 heavy (non-hydrogen) atoms. The zero-order chi connectivity index (χ0) is 18.0. The van der Waals surface area contributed by atoms with E-state index in [9.17, 15) is 25.2 Å². The lowest BCUT2D eigenvalue weighted by Gasteiger charge is -2.44. The third kappa shape index (κ3) is 4.03. The van der Waals surface area contributed by atoms with Crippen LogP contribution in [-0.2, 0) is 14.3 Å². The minimum atomic E-state index is -1.28. The SMILES string of the molecule is CC(=O)N[C@@H]1CC[C@H](O[C@@H]2OC(CN)[C@H](O)[C@H](O)C2N)[C@H](O)C1O. The molecule has 0 aromatic rings. The van der Waals surface area contributed by atoms with E-state index in [0.717, 1.165) is 0 Å². The number of hydrogen-bond donors (Lipinski definition) is 7. The molecule has 1 heterocycles. The van der Waals surface area contributed by atoms with Gasteiger partial charge < -0.3 is 46.7 Å². The highest BCUT2D eigenvalue weighted by atomic mass is 16.7. The maximum atomic E-state index is 11.1. The van der Waals surface area contributed by atoms with Gasteiger partial charge in [-0.15, -0.1) is 0 Å². The Morgan fingerprint density at radius 3 is 2.42 bits per heavy atom. The summed E-state index contributed by atoms with van der Waals surface area (Å²) in [6.45, 7) is 1.29. The summed E-state index contributed by atoms with van der Waals surface area (Å²) in [7, 11) is 0. The number of aliphatic hydroxyl groups is 4. The van der Waals surface area contributed by atoms with Gasteiger partial charge in [-0.3, -0.25) is 4.79 Å². The molecule has 2 rings (SSSR count). The highest BCUT2D eigenvalue weighted by molar-refractivity contribution is 5.73. The van der Waals surface area contributed by atoms with Crippen LogP contribution in [0.25, 0.3) is 0 Å². The number of amides is 1. The van der Waals surface area contributed by atoms with Crippen molar-refractivity contribution in [1.29, 1.82) is 0 Å². The minimum Gasteiger partial charge on any atom is -0.388 e. The first-order chi connectivity index (χ1) is 11.3. The molecule has 9 N–H and O–H groups in total. The van der Waals surface area contributed by atoms with Crippen LogP contribution in [0.1, 0.15) is 19.8 Å². The Labute approximate surface area is 139 Å². The van der Waals surface area contributed by atoms with Crippen molar-refractivity contribution in [3.63, 3.8) is 0 Å². The molecule has 10 nitrogen and oxygen atoms in total. The van der Waals surface area contributed by atoms with Gasteiger partial charge in [-0.2, -0.15) is 0 Å². The molecule has 2 aliphatic rings. The summed E-state index contributed by atoms with van der Waals surface area (Å²) in [5.74, 6) is -0.300. The fourth-order valence-electron chi connectivity index (χ4n) is 3.15. The summed E-state index contributed by atoms with van der Waals surface area (Å²) in [4.78, 5) is 11.1. The molecule has 1 saturated heterocycles. The maximum Gasteiger partial charge on any atom is 0.217 e. The second-order valence-corrected chi connectivity index (χ2v) is 6.38. The summed E-state index contributed by atoms with van der Waals surface area (Å²) in [5, 5.41) is 42.7. The van der Waals surface area contributed by atoms with Crippen LogP contribution >= 0.6 is 0 Å². The van der Waals surface area contributed by atoms with Crippen molar-refractivity contribution in [2.75, 3.05) is 6.54 Å². The number of nitrogens with one attached hydrogen (secondary N) is 1. The summed E-state index contributed by atoms with van der Waals surface area (Å²) < 4.78 is 11.1. The van der Waals surface area contributed by atoms with E-state index in [1.807, 2.05) is 0 Å². The first-order valence-corrected chi connectivity index (χ1v) is 8.02. The molecule has 0 spiro atoms. The Hall–Kier alpha value is -0.850. The van der Waals surface area contributed by atoms with Gasteiger partial charge in [0.1, 0.15) is 30.5 Å². The van der Waals surface area contributed by atoms with Crippen molar-refractivity contribution in [2.24, 2.45) is 11.5 Å². The van der Waals surface area contributed by atoms with Crippen molar-refractivity contribution in [3.8, 4) is 0 Å². The van der Waals surface area contributed by atoms with Gasteiger partial charge in [-0.05, 0) is 12.8 Å². The number of aliphatic hydroxyl groups excluding tert-OH is 4. The highest BCUT2D eigenvalue weighted by Crippen LogP contribution is 2.27. The van der Waals surface area contributed by atoms with E-state index < -0.39 is 55.0 Å². The van der Waals surface area contributed by atoms with E-state index in [1.165, 1.54) is 6.92 Å². The van der Waals surface area contributed by atoms with Gasteiger partial charge in [-0.1, -0.05) is 0 Å². The standard InChI is InChI=1S/C14H27N3O7/c1-5(18)17-6-2-3-7(11(20)10(6)19)23-14-9(16)13(22)12(21)8(4-15)24-14/h6-14,19-22H,2-4,15-16H2,1H3,(H,17,18)/t6-,7+,8?,9?,10?,11+,12+,13-,14-/m1/s1. The van der Waals surface area contributed by atoms with Gasteiger partial charge in [0.25, 0.3) is 0 Å². The first kappa shape index (κ1) is 19.5. The molecule has 140 valence electrons. The van der Waals surface area contributed by atoms with Gasteiger partial charge >= 0.3 is 0 Å². The number of hydrogen-bond acceptors (Lipinski definition) is 9. The number of ether oxygens (including phenoxy) is 2. The van der Waals surface area contributed by atoms with Crippen molar-refractivity contribution < 1.29 is 34.7 Å². The summed E-state index contributed by atoms with van der Waals surface area (Å²) in [6.07, 6.45) is -6.94. The van der Waals surface area contributed by atoms with Crippen LogP contribution in [0.4, 0.5) is 0 Å². The Morgan fingerprint density at radius 2 is 1.83 bits per heavy atom. The Morgan fingerprint density at radius 1 is 1.17 bits per heavy atom. The molecular weight excluding hydrogens is 322 g/mol. The summed E-state index contributed by atoms with van der Waals surface area (Å²) in [5.41, 5.74) is 11.3. The maximum absolute atomic E-state index is 11.1. The molecule has 0 aromatic carbocycles. The molecule has 0 bridgehead atoms. The highest BCUT2D eigenvalue weighted by Gasteiger charge is 2.46. The molecule has 9 atom stereocenters. The molecule has 1 aliphatic heterocycles. The topological polar surface area (TPSA) is 181 Å². The smallest absolute Gasteiger partial charge is 0.217 e. The molecular formula is C14H27N3O7. The molecule has 0 aromatic heterocycles. The largest absolute Gasteiger partial charge is 0.388 e. The van der Waals surface area contributed by atoms with Crippen LogP contribution in [-0.4, -0.2) is 87.9 Å². The van der Waals surface area contributed by atoms with Crippen LogP contribution in [0.3, 0.4) is 0 Å². The molecule has 0 radical (unpaired) electrons. The van der Waals surface area contributed by atoms with Crippen molar-refractivity contribution in [2.45, 2.75) is 74.8 Å². The van der Waals surface area contributed by atoms with Crippen molar-refractivity contribution >= 4 is 5.91 Å². The second kappa shape index (κ2) is 8.02. The van der Waals surface area contributed by atoms with Gasteiger partial charge in [0.15, 0.2) is 6.29 Å². The average molecular weight is 349 g/mol. The van der Waals surface area contributed by atoms with Gasteiger partial charge in [0.05, 0.1) is 18.2 Å². The van der Waals surface area contributed by atoms with Crippen LogP contribution in [0.2, 0.25) is 0 Å². The van der Waals surface area contributed by atoms with Crippen LogP contribution < -0.4 is 16.8 Å². The van der Waals surface area contributed by atoms with E-state index in [0.29, 0.717) is 12.8 Å². The zero-order valence-corrected chi connectivity index (χ0v) is 13.5. The average Bonchev–Trinajstić information content (AvgIpc) is 2.54. The van der Waals surface area contributed by atoms with Gasteiger partial charge in [0, 0.05) is 13.5 Å². The van der Waals surface area contributed by atoms with E-state index >= 15 is 0 Å². The lowest BCUT2D eigenvalue weighted by molar-refractivity contribution is -0.286. The van der Waals surface area contributed by atoms with Crippen molar-refractivity contribution in [3.05, 3.63) is 0 Å². The molecule has 1 saturated carbocycles. The minimum absolute atomic E-state index is 0.0365. The predicted octanol–water partition coefficient (Wildman–Crippen LogP) is -3.88. The molecule has 1 amide bonds. The zero-order valence-electron chi connectivity index (χ0n) is 13.5. The van der Waals surface area contributed by atoms with Crippen LogP contribution in [0.5, 0.6) is 0 Å². The quantitative estimate of drug-likeness (QED) is 0.267. The number of nitrogens with two attached hydrogens (primary N) is 2. The van der Waals surface area contributed by atoms with E-state index in [1.54, 1.807) is 0 Å². The summed E-state index contributed by atoms with van der Waals surface area (Å²) in [6, 6.07) is -1.59.